The molecule has 1 aromatic heterocycles. The molecule has 0 spiro atoms. The molecule has 1 amide bonds. The fourth-order valence-electron chi connectivity index (χ4n) is 1.87. The third-order valence-electron chi connectivity index (χ3n) is 3.07. The third kappa shape index (κ3) is 6.08. The van der Waals surface area contributed by atoms with Crippen molar-refractivity contribution in [2.24, 2.45) is 0 Å². The highest BCUT2D eigenvalue weighted by molar-refractivity contribution is 7.12. The molecule has 120 valence electrons. The largest absolute Gasteiger partial charge is 0.445 e. The number of carbonyl (C=O) groups is 2. The minimum atomic E-state index is -0.420. The third-order valence-corrected chi connectivity index (χ3v) is 4.12. The Labute approximate surface area is 139 Å². The first-order chi connectivity index (χ1) is 11.1. The van der Waals surface area contributed by atoms with E-state index in [1.807, 2.05) is 53.9 Å². The van der Waals surface area contributed by atoms with E-state index in [2.05, 4.69) is 5.32 Å². The van der Waals surface area contributed by atoms with Crippen molar-refractivity contribution < 1.29 is 14.3 Å². The van der Waals surface area contributed by atoms with Crippen LogP contribution in [0.1, 0.15) is 34.1 Å². The highest BCUT2D eigenvalue weighted by atomic mass is 32.1. The fourth-order valence-corrected chi connectivity index (χ4v) is 2.65. The summed E-state index contributed by atoms with van der Waals surface area (Å²) >= 11 is 1.44. The number of ether oxygens (including phenoxy) is 1. The van der Waals surface area contributed by atoms with Gasteiger partial charge in [-0.25, -0.2) is 4.79 Å². The Hall–Kier alpha value is -2.40. The molecule has 0 aliphatic rings. The van der Waals surface area contributed by atoms with E-state index in [0.29, 0.717) is 13.0 Å². The minimum Gasteiger partial charge on any atom is -0.445 e. The van der Waals surface area contributed by atoms with Crippen LogP contribution in [0.25, 0.3) is 6.08 Å². The number of benzene rings is 1. The van der Waals surface area contributed by atoms with Gasteiger partial charge >= 0.3 is 6.09 Å². The van der Waals surface area contributed by atoms with Crippen LogP contribution in [0.4, 0.5) is 4.79 Å². The Morgan fingerprint density at radius 1 is 1.26 bits per heavy atom. The summed E-state index contributed by atoms with van der Waals surface area (Å²) in [5.41, 5.74) is 1.97. The predicted molar refractivity (Wildman–Crippen MR) is 92.6 cm³/mol. The van der Waals surface area contributed by atoms with E-state index in [1.165, 1.54) is 11.3 Å². The van der Waals surface area contributed by atoms with E-state index in [4.69, 9.17) is 4.74 Å². The van der Waals surface area contributed by atoms with Crippen LogP contribution in [-0.4, -0.2) is 18.4 Å². The van der Waals surface area contributed by atoms with Crippen LogP contribution in [-0.2, 0) is 11.3 Å². The van der Waals surface area contributed by atoms with E-state index in [0.717, 1.165) is 16.0 Å². The van der Waals surface area contributed by atoms with Gasteiger partial charge in [0.05, 0.1) is 4.88 Å². The predicted octanol–water partition coefficient (Wildman–Crippen LogP) is 4.28. The van der Waals surface area contributed by atoms with Crippen molar-refractivity contribution >= 4 is 29.3 Å². The van der Waals surface area contributed by atoms with E-state index >= 15 is 0 Å². The average Bonchev–Trinajstić information content (AvgIpc) is 3.03. The Kier molecular flexibility index (Phi) is 6.56. The summed E-state index contributed by atoms with van der Waals surface area (Å²) in [6, 6.07) is 11.4. The molecule has 2 aromatic rings. The Morgan fingerprint density at radius 2 is 2.04 bits per heavy atom. The quantitative estimate of drug-likeness (QED) is 0.609. The lowest BCUT2D eigenvalue weighted by molar-refractivity contribution is 0.102. The second-order valence-electron chi connectivity index (χ2n) is 4.98. The summed E-state index contributed by atoms with van der Waals surface area (Å²) < 4.78 is 5.11. The number of carbonyl (C=O) groups excluding carboxylic acids is 2. The van der Waals surface area contributed by atoms with Crippen molar-refractivity contribution in [1.82, 2.24) is 5.32 Å². The Morgan fingerprint density at radius 3 is 2.74 bits per heavy atom. The number of rotatable bonds is 7. The SMILES string of the molecule is CC(=O)c1cc(C=CCCNC(=O)OCc2ccccc2)cs1. The maximum atomic E-state index is 11.5. The maximum Gasteiger partial charge on any atom is 0.407 e. The lowest BCUT2D eigenvalue weighted by Gasteiger charge is -2.05. The van der Waals surface area contributed by atoms with Crippen LogP contribution >= 0.6 is 11.3 Å². The topological polar surface area (TPSA) is 55.4 Å². The molecular weight excluding hydrogens is 310 g/mol. The summed E-state index contributed by atoms with van der Waals surface area (Å²) in [6.45, 7) is 2.34. The highest BCUT2D eigenvalue weighted by Crippen LogP contribution is 2.16. The number of thiophene rings is 1. The molecule has 23 heavy (non-hydrogen) atoms. The van der Waals surface area contributed by atoms with Gasteiger partial charge in [-0.2, -0.15) is 0 Å². The molecule has 0 radical (unpaired) electrons. The van der Waals surface area contributed by atoms with Crippen molar-refractivity contribution in [3.05, 3.63) is 63.9 Å². The molecule has 0 saturated carbocycles. The molecule has 0 saturated heterocycles. The first kappa shape index (κ1) is 17.0. The maximum absolute atomic E-state index is 11.5. The summed E-state index contributed by atoms with van der Waals surface area (Å²) in [6.07, 6.45) is 4.19. The first-order valence-corrected chi connectivity index (χ1v) is 8.23. The summed E-state index contributed by atoms with van der Waals surface area (Å²) in [7, 11) is 0. The summed E-state index contributed by atoms with van der Waals surface area (Å²) in [4.78, 5) is 23.5. The van der Waals surface area contributed by atoms with Gasteiger partial charge in [-0.3, -0.25) is 4.79 Å². The second kappa shape index (κ2) is 8.90. The van der Waals surface area contributed by atoms with Gasteiger partial charge in [-0.15, -0.1) is 11.3 Å². The Balaban J connectivity index is 1.63. The van der Waals surface area contributed by atoms with Gasteiger partial charge in [0, 0.05) is 6.54 Å². The molecule has 0 unspecified atom stereocenters. The molecule has 0 aliphatic heterocycles. The van der Waals surface area contributed by atoms with Gasteiger partial charge in [-0.1, -0.05) is 42.5 Å². The molecule has 5 heteroatoms. The van der Waals surface area contributed by atoms with Crippen molar-refractivity contribution in [3.8, 4) is 0 Å². The normalized spacial score (nSPS) is 10.7. The van der Waals surface area contributed by atoms with Gasteiger partial charge in [0.25, 0.3) is 0 Å². The standard InChI is InChI=1S/C18H19NO3S/c1-14(20)17-11-16(13-23-17)9-5-6-10-19-18(21)22-12-15-7-3-2-4-8-15/h2-5,7-9,11,13H,6,10,12H2,1H3,(H,19,21). The van der Waals surface area contributed by atoms with Crippen LogP contribution < -0.4 is 5.32 Å². The zero-order chi connectivity index (χ0) is 16.5. The number of ketones is 1. The van der Waals surface area contributed by atoms with Crippen molar-refractivity contribution in [2.75, 3.05) is 6.54 Å². The number of amides is 1. The zero-order valence-corrected chi connectivity index (χ0v) is 13.8. The lowest BCUT2D eigenvalue weighted by Crippen LogP contribution is -2.24. The molecular formula is C18H19NO3S. The van der Waals surface area contributed by atoms with E-state index in [1.54, 1.807) is 6.92 Å². The smallest absolute Gasteiger partial charge is 0.407 e. The highest BCUT2D eigenvalue weighted by Gasteiger charge is 2.02. The van der Waals surface area contributed by atoms with Crippen LogP contribution in [0, 0.1) is 0 Å². The second-order valence-corrected chi connectivity index (χ2v) is 5.89. The number of nitrogens with one attached hydrogen (secondary N) is 1. The van der Waals surface area contributed by atoms with Crippen LogP contribution in [0.3, 0.4) is 0 Å². The molecule has 1 N–H and O–H groups in total. The van der Waals surface area contributed by atoms with Crippen LogP contribution in [0.5, 0.6) is 0 Å². The summed E-state index contributed by atoms with van der Waals surface area (Å²) in [5, 5.41) is 4.64. The molecule has 1 aromatic carbocycles. The van der Waals surface area contributed by atoms with Crippen molar-refractivity contribution in [3.63, 3.8) is 0 Å². The van der Waals surface area contributed by atoms with E-state index in [9.17, 15) is 9.59 Å². The van der Waals surface area contributed by atoms with Gasteiger partial charge in [0.1, 0.15) is 6.61 Å². The van der Waals surface area contributed by atoms with Crippen LogP contribution in [0.2, 0.25) is 0 Å². The number of alkyl carbamates (subject to hydrolysis) is 1. The average molecular weight is 329 g/mol. The van der Waals surface area contributed by atoms with Gasteiger partial charge in [0.15, 0.2) is 5.78 Å². The number of hydrogen-bond donors (Lipinski definition) is 1. The van der Waals surface area contributed by atoms with Gasteiger partial charge in [-0.05, 0) is 35.9 Å². The Bertz CT molecular complexity index is 677. The minimum absolute atomic E-state index is 0.0810. The molecule has 0 aliphatic carbocycles. The van der Waals surface area contributed by atoms with E-state index in [-0.39, 0.29) is 12.4 Å². The molecule has 2 rings (SSSR count). The fraction of sp³-hybridized carbons (Fsp3) is 0.222. The van der Waals surface area contributed by atoms with Gasteiger partial charge in [0.2, 0.25) is 0 Å². The molecule has 0 bridgehead atoms. The number of Topliss-reactive ketones (excluding diaryl/α,β-unsaturated/α-hetero) is 1. The van der Waals surface area contributed by atoms with Crippen molar-refractivity contribution in [2.45, 2.75) is 20.0 Å². The van der Waals surface area contributed by atoms with E-state index < -0.39 is 6.09 Å². The summed E-state index contributed by atoms with van der Waals surface area (Å²) in [5.74, 6) is 0.0810. The monoisotopic (exact) mass is 329 g/mol. The lowest BCUT2D eigenvalue weighted by atomic mass is 10.2. The molecule has 0 fully saturated rings. The van der Waals surface area contributed by atoms with Gasteiger partial charge < -0.3 is 10.1 Å². The molecule has 1 heterocycles. The van der Waals surface area contributed by atoms with Crippen molar-refractivity contribution in [1.29, 1.82) is 0 Å². The van der Waals surface area contributed by atoms with Crippen LogP contribution in [0.15, 0.2) is 47.9 Å². The molecule has 0 atom stereocenters. The molecule has 4 nitrogen and oxygen atoms in total. The first-order valence-electron chi connectivity index (χ1n) is 7.35. The number of hydrogen-bond acceptors (Lipinski definition) is 4. The zero-order valence-electron chi connectivity index (χ0n) is 13.0.